The van der Waals surface area contributed by atoms with Crippen LogP contribution in [0.4, 0.5) is 5.69 Å². The smallest absolute Gasteiger partial charge is 0.231 e. The maximum absolute atomic E-state index is 12.5. The van der Waals surface area contributed by atoms with Crippen molar-refractivity contribution in [2.45, 2.75) is 32.1 Å². The summed E-state index contributed by atoms with van der Waals surface area (Å²) in [6.45, 7) is 0.334. The van der Waals surface area contributed by atoms with Crippen LogP contribution >= 0.6 is 0 Å². The molecule has 2 rings (SSSR count). The van der Waals surface area contributed by atoms with Crippen molar-refractivity contribution in [2.75, 3.05) is 11.9 Å². The van der Waals surface area contributed by atoms with E-state index in [0.29, 0.717) is 17.8 Å². The van der Waals surface area contributed by atoms with Crippen LogP contribution in [0, 0.1) is 28.1 Å². The number of amides is 1. The minimum atomic E-state index is -0.501. The Balaban J connectivity index is 2.20. The minimum absolute atomic E-state index is 0.0849. The third-order valence-corrected chi connectivity index (χ3v) is 4.20. The molecule has 1 aliphatic rings. The molecule has 108 valence electrons. The summed E-state index contributed by atoms with van der Waals surface area (Å²) in [5.74, 6) is -0.0849. The van der Waals surface area contributed by atoms with Crippen LogP contribution in [0.1, 0.15) is 43.2 Å². The van der Waals surface area contributed by atoms with Crippen molar-refractivity contribution in [1.82, 2.24) is 0 Å². The summed E-state index contributed by atoms with van der Waals surface area (Å²) in [5.41, 5.74) is 6.45. The molecule has 5 nitrogen and oxygen atoms in total. The molecule has 1 fully saturated rings. The van der Waals surface area contributed by atoms with Crippen molar-refractivity contribution in [3.05, 3.63) is 29.3 Å². The molecule has 5 heteroatoms. The number of anilines is 1. The number of carbonyl (C=O) groups is 1. The van der Waals surface area contributed by atoms with Gasteiger partial charge >= 0.3 is 0 Å². The fraction of sp³-hybridized carbons (Fsp3) is 0.438. The predicted molar refractivity (Wildman–Crippen MR) is 79.1 cm³/mol. The van der Waals surface area contributed by atoms with Gasteiger partial charge in [-0.3, -0.25) is 4.79 Å². The number of nitrogens with zero attached hydrogens (tertiary/aromatic N) is 2. The van der Waals surface area contributed by atoms with Crippen LogP contribution in [0.3, 0.4) is 0 Å². The molecule has 21 heavy (non-hydrogen) atoms. The van der Waals surface area contributed by atoms with Gasteiger partial charge in [-0.25, -0.2) is 0 Å². The number of nitrogens with two attached hydrogens (primary N) is 1. The van der Waals surface area contributed by atoms with Gasteiger partial charge in [-0.2, -0.15) is 10.5 Å². The number of nitrogens with one attached hydrogen (secondary N) is 1. The van der Waals surface area contributed by atoms with E-state index in [1.165, 1.54) is 6.07 Å². The van der Waals surface area contributed by atoms with Crippen LogP contribution in [0.15, 0.2) is 18.2 Å². The number of carbonyl (C=O) groups excluding carboxylic acids is 1. The molecule has 1 saturated carbocycles. The van der Waals surface area contributed by atoms with Crippen LogP contribution in [-0.2, 0) is 4.79 Å². The number of hydrogen-bond acceptors (Lipinski definition) is 4. The van der Waals surface area contributed by atoms with Gasteiger partial charge in [0.2, 0.25) is 5.91 Å². The summed E-state index contributed by atoms with van der Waals surface area (Å²) in [6.07, 6.45) is 4.78. The first-order valence-corrected chi connectivity index (χ1v) is 7.11. The topological polar surface area (TPSA) is 103 Å². The monoisotopic (exact) mass is 282 g/mol. The van der Waals surface area contributed by atoms with Gasteiger partial charge in [0.15, 0.2) is 0 Å². The highest BCUT2D eigenvalue weighted by molar-refractivity contribution is 5.95. The number of nitriles is 2. The van der Waals surface area contributed by atoms with Crippen LogP contribution < -0.4 is 11.1 Å². The molecular weight excluding hydrogens is 264 g/mol. The molecule has 1 aromatic rings. The molecule has 1 aromatic carbocycles. The lowest BCUT2D eigenvalue weighted by Gasteiger charge is -2.34. The van der Waals surface area contributed by atoms with Crippen molar-refractivity contribution in [2.24, 2.45) is 11.1 Å². The van der Waals surface area contributed by atoms with Gasteiger partial charge in [0.05, 0.1) is 16.5 Å². The Hall–Kier alpha value is -2.37. The summed E-state index contributed by atoms with van der Waals surface area (Å²) in [7, 11) is 0. The second-order valence-corrected chi connectivity index (χ2v) is 5.48. The molecule has 0 radical (unpaired) electrons. The Morgan fingerprint density at radius 1 is 1.19 bits per heavy atom. The first-order valence-electron chi connectivity index (χ1n) is 7.11. The Labute approximate surface area is 124 Å². The third-order valence-electron chi connectivity index (χ3n) is 4.20. The highest BCUT2D eigenvalue weighted by Crippen LogP contribution is 2.36. The van der Waals surface area contributed by atoms with E-state index in [-0.39, 0.29) is 11.5 Å². The Kier molecular flexibility index (Phi) is 4.57. The molecule has 0 saturated heterocycles. The Morgan fingerprint density at radius 2 is 1.86 bits per heavy atom. The molecule has 0 unspecified atom stereocenters. The maximum Gasteiger partial charge on any atom is 0.231 e. The lowest BCUT2D eigenvalue weighted by Crippen LogP contribution is -2.43. The quantitative estimate of drug-likeness (QED) is 0.887. The van der Waals surface area contributed by atoms with Crippen LogP contribution in [0.2, 0.25) is 0 Å². The average molecular weight is 282 g/mol. The van der Waals surface area contributed by atoms with Crippen molar-refractivity contribution < 1.29 is 4.79 Å². The van der Waals surface area contributed by atoms with Crippen LogP contribution in [-0.4, -0.2) is 12.5 Å². The van der Waals surface area contributed by atoms with Crippen molar-refractivity contribution in [1.29, 1.82) is 10.5 Å². The van der Waals surface area contributed by atoms with E-state index < -0.39 is 5.41 Å². The zero-order valence-electron chi connectivity index (χ0n) is 11.9. The summed E-state index contributed by atoms with van der Waals surface area (Å²) < 4.78 is 0. The first kappa shape index (κ1) is 15.0. The molecule has 0 bridgehead atoms. The lowest BCUT2D eigenvalue weighted by molar-refractivity contribution is -0.126. The minimum Gasteiger partial charge on any atom is -0.329 e. The Bertz CT molecular complexity index is 618. The van der Waals surface area contributed by atoms with Gasteiger partial charge < -0.3 is 11.1 Å². The zero-order valence-corrected chi connectivity index (χ0v) is 11.9. The maximum atomic E-state index is 12.5. The summed E-state index contributed by atoms with van der Waals surface area (Å²) in [6, 6.07) is 8.64. The largest absolute Gasteiger partial charge is 0.329 e. The molecule has 1 amide bonds. The molecule has 0 spiro atoms. The van der Waals surface area contributed by atoms with Gasteiger partial charge in [-0.05, 0) is 31.0 Å². The Morgan fingerprint density at radius 3 is 2.43 bits per heavy atom. The fourth-order valence-corrected chi connectivity index (χ4v) is 2.83. The molecule has 0 heterocycles. The van der Waals surface area contributed by atoms with E-state index in [2.05, 4.69) is 5.32 Å². The highest BCUT2D eigenvalue weighted by atomic mass is 16.2. The van der Waals surface area contributed by atoms with E-state index >= 15 is 0 Å². The van der Waals surface area contributed by atoms with Gasteiger partial charge in [0, 0.05) is 12.2 Å². The second kappa shape index (κ2) is 6.39. The summed E-state index contributed by atoms with van der Waals surface area (Å²) in [4.78, 5) is 12.5. The molecule has 0 atom stereocenters. The van der Waals surface area contributed by atoms with Gasteiger partial charge in [0.1, 0.15) is 12.1 Å². The van der Waals surface area contributed by atoms with Gasteiger partial charge in [-0.1, -0.05) is 19.3 Å². The number of hydrogen-bond donors (Lipinski definition) is 2. The van der Waals surface area contributed by atoms with Crippen molar-refractivity contribution in [3.8, 4) is 12.1 Å². The van der Waals surface area contributed by atoms with Gasteiger partial charge in [0.25, 0.3) is 0 Å². The van der Waals surface area contributed by atoms with Crippen LogP contribution in [0.5, 0.6) is 0 Å². The standard InChI is InChI=1S/C16H18N4O/c17-9-12-4-5-14(8-13(12)10-18)20-15(21)16(11-19)6-2-1-3-7-16/h4-5,8H,1-3,6-7,11,19H2,(H,20,21). The van der Waals surface area contributed by atoms with E-state index in [0.717, 1.165) is 32.1 Å². The lowest BCUT2D eigenvalue weighted by atomic mass is 9.73. The molecule has 0 aliphatic heterocycles. The fourth-order valence-electron chi connectivity index (χ4n) is 2.83. The van der Waals surface area contributed by atoms with E-state index in [1.807, 2.05) is 12.1 Å². The highest BCUT2D eigenvalue weighted by Gasteiger charge is 2.38. The third kappa shape index (κ3) is 3.04. The number of rotatable bonds is 3. The van der Waals surface area contributed by atoms with E-state index in [4.69, 9.17) is 16.3 Å². The molecule has 3 N–H and O–H groups in total. The SMILES string of the molecule is N#Cc1ccc(NC(=O)C2(CN)CCCCC2)cc1C#N. The van der Waals surface area contributed by atoms with Crippen molar-refractivity contribution >= 4 is 11.6 Å². The predicted octanol–water partition coefficient (Wildman–Crippen LogP) is 2.28. The first-order chi connectivity index (χ1) is 10.1. The average Bonchev–Trinajstić information content (AvgIpc) is 2.55. The summed E-state index contributed by atoms with van der Waals surface area (Å²) in [5, 5.41) is 20.8. The normalized spacial score (nSPS) is 16.5. The zero-order chi connectivity index (χ0) is 15.3. The number of benzene rings is 1. The van der Waals surface area contributed by atoms with Crippen molar-refractivity contribution in [3.63, 3.8) is 0 Å². The molecule has 1 aliphatic carbocycles. The van der Waals surface area contributed by atoms with E-state index in [9.17, 15) is 4.79 Å². The molecule has 0 aromatic heterocycles. The summed E-state index contributed by atoms with van der Waals surface area (Å²) >= 11 is 0. The van der Waals surface area contributed by atoms with Gasteiger partial charge in [-0.15, -0.1) is 0 Å². The van der Waals surface area contributed by atoms with E-state index in [1.54, 1.807) is 12.1 Å². The van der Waals surface area contributed by atoms with Crippen LogP contribution in [0.25, 0.3) is 0 Å². The second-order valence-electron chi connectivity index (χ2n) is 5.48. The molecular formula is C16H18N4O.